The number of halogens is 2. The molecule has 0 saturated carbocycles. The molecule has 3 rings (SSSR count). The number of rotatable bonds is 3. The lowest BCUT2D eigenvalue weighted by atomic mass is 10.3. The first kappa shape index (κ1) is 12.3. The molecule has 1 aromatic heterocycles. The Morgan fingerprint density at radius 1 is 1.05 bits per heavy atom. The van der Waals surface area contributed by atoms with Crippen LogP contribution in [0.4, 0.5) is 5.69 Å². The Kier molecular flexibility index (Phi) is 3.27. The number of aromatic nitrogens is 3. The number of hydrogen-bond donors (Lipinski definition) is 1. The molecule has 3 aromatic rings. The summed E-state index contributed by atoms with van der Waals surface area (Å²) in [5.41, 5.74) is 2.69. The zero-order chi connectivity index (χ0) is 13.2. The molecule has 0 aliphatic heterocycles. The van der Waals surface area contributed by atoms with E-state index in [4.69, 9.17) is 23.2 Å². The van der Waals surface area contributed by atoms with Gasteiger partial charge in [-0.2, -0.15) is 0 Å². The fourth-order valence-corrected chi connectivity index (χ4v) is 2.38. The first-order chi connectivity index (χ1) is 9.22. The Hall–Kier alpha value is -1.78. The number of fused-ring (bicyclic) bond motifs is 1. The van der Waals surface area contributed by atoms with E-state index in [1.54, 1.807) is 10.7 Å². The predicted octanol–water partition coefficient (Wildman–Crippen LogP) is 3.81. The van der Waals surface area contributed by atoms with E-state index in [-0.39, 0.29) is 0 Å². The second-order valence-electron chi connectivity index (χ2n) is 4.07. The van der Waals surface area contributed by atoms with Crippen LogP contribution >= 0.6 is 23.2 Å². The summed E-state index contributed by atoms with van der Waals surface area (Å²) in [5.74, 6) is 0. The molecule has 0 aliphatic rings. The van der Waals surface area contributed by atoms with Crippen LogP contribution in [0.2, 0.25) is 10.0 Å². The van der Waals surface area contributed by atoms with Crippen molar-refractivity contribution < 1.29 is 0 Å². The molecule has 0 bridgehead atoms. The average Bonchev–Trinajstić information content (AvgIpc) is 2.78. The van der Waals surface area contributed by atoms with Crippen LogP contribution in [0.1, 0.15) is 0 Å². The highest BCUT2D eigenvalue weighted by Gasteiger charge is 2.03. The fourth-order valence-electron chi connectivity index (χ4n) is 1.86. The Bertz CT molecular complexity index is 703. The number of nitrogens with zero attached hydrogens (tertiary/aromatic N) is 3. The second kappa shape index (κ2) is 5.07. The van der Waals surface area contributed by atoms with Crippen molar-refractivity contribution in [3.05, 3.63) is 52.5 Å². The summed E-state index contributed by atoms with van der Waals surface area (Å²) in [6.45, 7) is 0.497. The van der Waals surface area contributed by atoms with E-state index in [1.165, 1.54) is 0 Å². The lowest BCUT2D eigenvalue weighted by molar-refractivity contribution is 0.655. The summed E-state index contributed by atoms with van der Waals surface area (Å²) in [7, 11) is 0. The van der Waals surface area contributed by atoms with Gasteiger partial charge in [-0.15, -0.1) is 5.10 Å². The first-order valence-electron chi connectivity index (χ1n) is 5.70. The molecule has 6 heteroatoms. The summed E-state index contributed by atoms with van der Waals surface area (Å²) < 4.78 is 1.78. The fraction of sp³-hybridized carbons (Fsp3) is 0.0769. The third-order valence-corrected chi connectivity index (χ3v) is 3.15. The van der Waals surface area contributed by atoms with E-state index in [0.717, 1.165) is 16.7 Å². The van der Waals surface area contributed by atoms with Crippen molar-refractivity contribution in [2.75, 3.05) is 5.32 Å². The SMILES string of the molecule is Clc1cc(Cl)cc(NCn2nnc3ccccc32)c1. The van der Waals surface area contributed by atoms with Crippen LogP contribution in [0.5, 0.6) is 0 Å². The van der Waals surface area contributed by atoms with Gasteiger partial charge in [0.05, 0.1) is 5.52 Å². The van der Waals surface area contributed by atoms with Gasteiger partial charge < -0.3 is 5.32 Å². The minimum absolute atomic E-state index is 0.497. The minimum atomic E-state index is 0.497. The molecule has 0 unspecified atom stereocenters. The van der Waals surface area contributed by atoms with Crippen LogP contribution in [0.15, 0.2) is 42.5 Å². The number of hydrogen-bond acceptors (Lipinski definition) is 3. The van der Waals surface area contributed by atoms with E-state index in [0.29, 0.717) is 16.7 Å². The van der Waals surface area contributed by atoms with Crippen LogP contribution in [-0.4, -0.2) is 15.0 Å². The molecule has 0 amide bonds. The van der Waals surface area contributed by atoms with Gasteiger partial charge in [0.2, 0.25) is 0 Å². The molecule has 0 aliphatic carbocycles. The monoisotopic (exact) mass is 292 g/mol. The smallest absolute Gasteiger partial charge is 0.113 e. The minimum Gasteiger partial charge on any atom is -0.366 e. The van der Waals surface area contributed by atoms with Crippen LogP contribution in [0.25, 0.3) is 11.0 Å². The van der Waals surface area contributed by atoms with E-state index in [1.807, 2.05) is 36.4 Å². The highest BCUT2D eigenvalue weighted by atomic mass is 35.5. The molecule has 1 heterocycles. The average molecular weight is 293 g/mol. The number of para-hydroxylation sites is 1. The quantitative estimate of drug-likeness (QED) is 0.798. The van der Waals surface area contributed by atoms with Crippen molar-refractivity contribution in [1.29, 1.82) is 0 Å². The Labute approximate surface area is 119 Å². The zero-order valence-corrected chi connectivity index (χ0v) is 11.4. The van der Waals surface area contributed by atoms with Gasteiger partial charge in [0.15, 0.2) is 0 Å². The Balaban J connectivity index is 1.82. The van der Waals surface area contributed by atoms with Crippen molar-refractivity contribution >= 4 is 39.9 Å². The summed E-state index contributed by atoms with van der Waals surface area (Å²) in [6.07, 6.45) is 0. The first-order valence-corrected chi connectivity index (χ1v) is 6.46. The topological polar surface area (TPSA) is 42.7 Å². The second-order valence-corrected chi connectivity index (χ2v) is 4.94. The molecule has 0 atom stereocenters. The third kappa shape index (κ3) is 2.64. The summed E-state index contributed by atoms with van der Waals surface area (Å²) in [4.78, 5) is 0. The summed E-state index contributed by atoms with van der Waals surface area (Å²) in [6, 6.07) is 13.1. The molecule has 1 N–H and O–H groups in total. The molecular weight excluding hydrogens is 283 g/mol. The predicted molar refractivity (Wildman–Crippen MR) is 77.6 cm³/mol. The molecule has 0 spiro atoms. The van der Waals surface area contributed by atoms with Crippen molar-refractivity contribution in [2.45, 2.75) is 6.67 Å². The molecule has 4 nitrogen and oxygen atoms in total. The third-order valence-electron chi connectivity index (χ3n) is 2.72. The molecule has 19 heavy (non-hydrogen) atoms. The Morgan fingerprint density at radius 3 is 2.58 bits per heavy atom. The van der Waals surface area contributed by atoms with Crippen molar-refractivity contribution in [3.8, 4) is 0 Å². The van der Waals surface area contributed by atoms with Gasteiger partial charge in [-0.1, -0.05) is 40.5 Å². The van der Waals surface area contributed by atoms with Gasteiger partial charge in [-0.05, 0) is 30.3 Å². The van der Waals surface area contributed by atoms with Crippen LogP contribution in [0, 0.1) is 0 Å². The normalized spacial score (nSPS) is 10.8. The molecule has 0 saturated heterocycles. The van der Waals surface area contributed by atoms with Crippen LogP contribution < -0.4 is 5.32 Å². The Morgan fingerprint density at radius 2 is 1.79 bits per heavy atom. The van der Waals surface area contributed by atoms with Gasteiger partial charge in [0.25, 0.3) is 0 Å². The van der Waals surface area contributed by atoms with Crippen molar-refractivity contribution in [2.24, 2.45) is 0 Å². The van der Waals surface area contributed by atoms with Crippen LogP contribution in [-0.2, 0) is 6.67 Å². The van der Waals surface area contributed by atoms with Gasteiger partial charge in [0, 0.05) is 15.7 Å². The van der Waals surface area contributed by atoms with Gasteiger partial charge in [-0.25, -0.2) is 4.68 Å². The van der Waals surface area contributed by atoms with E-state index in [9.17, 15) is 0 Å². The standard InChI is InChI=1S/C13H10Cl2N4/c14-9-5-10(15)7-11(6-9)16-8-19-13-4-2-1-3-12(13)17-18-19/h1-7,16H,8H2. The lowest BCUT2D eigenvalue weighted by Gasteiger charge is -2.07. The summed E-state index contributed by atoms with van der Waals surface area (Å²) >= 11 is 11.9. The van der Waals surface area contributed by atoms with Gasteiger partial charge in [0.1, 0.15) is 12.2 Å². The maximum Gasteiger partial charge on any atom is 0.113 e. The lowest BCUT2D eigenvalue weighted by Crippen LogP contribution is -2.09. The number of nitrogens with one attached hydrogen (secondary N) is 1. The highest BCUT2D eigenvalue weighted by molar-refractivity contribution is 6.35. The maximum absolute atomic E-state index is 5.95. The maximum atomic E-state index is 5.95. The number of benzene rings is 2. The molecule has 2 aromatic carbocycles. The van der Waals surface area contributed by atoms with Crippen molar-refractivity contribution in [3.63, 3.8) is 0 Å². The van der Waals surface area contributed by atoms with E-state index < -0.39 is 0 Å². The van der Waals surface area contributed by atoms with Gasteiger partial charge >= 0.3 is 0 Å². The van der Waals surface area contributed by atoms with Crippen molar-refractivity contribution in [1.82, 2.24) is 15.0 Å². The molecule has 0 fully saturated rings. The molecule has 0 radical (unpaired) electrons. The molecule has 96 valence electrons. The van der Waals surface area contributed by atoms with Crippen LogP contribution in [0.3, 0.4) is 0 Å². The van der Waals surface area contributed by atoms with E-state index >= 15 is 0 Å². The zero-order valence-electron chi connectivity index (χ0n) is 9.85. The van der Waals surface area contributed by atoms with Gasteiger partial charge in [-0.3, -0.25) is 0 Å². The largest absolute Gasteiger partial charge is 0.366 e. The van der Waals surface area contributed by atoms with E-state index in [2.05, 4.69) is 15.6 Å². The summed E-state index contributed by atoms with van der Waals surface area (Å²) in [5, 5.41) is 12.6. The highest BCUT2D eigenvalue weighted by Crippen LogP contribution is 2.22. The molecular formula is C13H10Cl2N4. The number of anilines is 1.